The monoisotopic (exact) mass is 267 g/mol. The Balaban J connectivity index is 2.09. The second-order valence-corrected chi connectivity index (χ2v) is 4.69. The minimum Gasteiger partial charge on any atom is -0.395 e. The molecule has 0 unspecified atom stereocenters. The van der Waals surface area contributed by atoms with Crippen molar-refractivity contribution in [3.8, 4) is 0 Å². The van der Waals surface area contributed by atoms with Gasteiger partial charge in [-0.3, -0.25) is 14.6 Å². The lowest BCUT2D eigenvalue weighted by molar-refractivity contribution is -0.135. The van der Waals surface area contributed by atoms with Crippen molar-refractivity contribution >= 4 is 5.91 Å². The van der Waals surface area contributed by atoms with Gasteiger partial charge in [-0.1, -0.05) is 0 Å². The Hall–Kier alpha value is -1.89. The van der Waals surface area contributed by atoms with Gasteiger partial charge in [0, 0.05) is 24.3 Å². The Bertz CT molecular complexity index is 530. The largest absolute Gasteiger partial charge is 0.395 e. The number of aromatic amines is 2. The van der Waals surface area contributed by atoms with E-state index in [2.05, 4.69) is 9.97 Å². The van der Waals surface area contributed by atoms with Crippen LogP contribution in [0.3, 0.4) is 0 Å². The zero-order valence-electron chi connectivity index (χ0n) is 10.5. The lowest BCUT2D eigenvalue weighted by Crippen LogP contribution is -2.46. The normalized spacial score (nSPS) is 15.0. The molecule has 1 aromatic heterocycles. The SMILES string of the molecule is O=C(Cc1cc(=O)[nH]c(=O)[nH]1)N(CCO)C1CCC1. The average Bonchev–Trinajstić information content (AvgIpc) is 2.24. The Morgan fingerprint density at radius 3 is 2.63 bits per heavy atom. The third kappa shape index (κ3) is 3.31. The number of amides is 1. The first kappa shape index (κ1) is 13.5. The molecule has 1 aliphatic carbocycles. The van der Waals surface area contributed by atoms with Gasteiger partial charge in [0.25, 0.3) is 5.56 Å². The molecular weight excluding hydrogens is 250 g/mol. The molecule has 0 spiro atoms. The lowest BCUT2D eigenvalue weighted by atomic mass is 9.91. The maximum atomic E-state index is 12.1. The van der Waals surface area contributed by atoms with Crippen LogP contribution in [0.15, 0.2) is 15.7 Å². The molecule has 0 atom stereocenters. The average molecular weight is 267 g/mol. The van der Waals surface area contributed by atoms with E-state index in [-0.39, 0.29) is 31.5 Å². The van der Waals surface area contributed by atoms with Crippen molar-refractivity contribution in [2.24, 2.45) is 0 Å². The van der Waals surface area contributed by atoms with Gasteiger partial charge >= 0.3 is 5.69 Å². The van der Waals surface area contributed by atoms with E-state index in [9.17, 15) is 14.4 Å². The van der Waals surface area contributed by atoms with E-state index in [4.69, 9.17) is 5.11 Å². The maximum absolute atomic E-state index is 12.1. The molecule has 104 valence electrons. The smallest absolute Gasteiger partial charge is 0.325 e. The van der Waals surface area contributed by atoms with Gasteiger partial charge in [-0.25, -0.2) is 4.79 Å². The zero-order valence-corrected chi connectivity index (χ0v) is 10.5. The summed E-state index contributed by atoms with van der Waals surface area (Å²) in [6, 6.07) is 1.38. The molecule has 19 heavy (non-hydrogen) atoms. The van der Waals surface area contributed by atoms with E-state index >= 15 is 0 Å². The fourth-order valence-corrected chi connectivity index (χ4v) is 2.20. The number of hydrogen-bond donors (Lipinski definition) is 3. The number of nitrogens with one attached hydrogen (secondary N) is 2. The standard InChI is InChI=1S/C12H17N3O4/c16-5-4-15(9-2-1-3-9)11(18)7-8-6-10(17)14-12(19)13-8/h6,9,16H,1-5,7H2,(H2,13,14,17,19). The van der Waals surface area contributed by atoms with E-state index in [0.29, 0.717) is 5.69 Å². The van der Waals surface area contributed by atoms with Gasteiger partial charge in [0.05, 0.1) is 13.0 Å². The first-order chi connectivity index (χ1) is 9.10. The van der Waals surface area contributed by atoms with E-state index in [0.717, 1.165) is 19.3 Å². The molecule has 1 heterocycles. The summed E-state index contributed by atoms with van der Waals surface area (Å²) in [6.45, 7) is 0.199. The molecule has 0 saturated heterocycles. The van der Waals surface area contributed by atoms with E-state index in [1.54, 1.807) is 4.90 Å². The Morgan fingerprint density at radius 1 is 1.37 bits per heavy atom. The van der Waals surface area contributed by atoms with Crippen molar-refractivity contribution in [3.63, 3.8) is 0 Å². The molecule has 0 bridgehead atoms. The Labute approximate surface area is 109 Å². The third-order valence-electron chi connectivity index (χ3n) is 3.33. The summed E-state index contributed by atoms with van der Waals surface area (Å²) in [5, 5.41) is 9.00. The third-order valence-corrected chi connectivity index (χ3v) is 3.33. The highest BCUT2D eigenvalue weighted by Crippen LogP contribution is 2.24. The van der Waals surface area contributed by atoms with Gasteiger partial charge in [0.2, 0.25) is 5.91 Å². The molecule has 2 rings (SSSR count). The predicted octanol–water partition coefficient (Wildman–Crippen LogP) is -1.02. The van der Waals surface area contributed by atoms with Crippen LogP contribution in [0.5, 0.6) is 0 Å². The second-order valence-electron chi connectivity index (χ2n) is 4.69. The minimum absolute atomic E-state index is 0.0321. The van der Waals surface area contributed by atoms with E-state index < -0.39 is 11.2 Å². The summed E-state index contributed by atoms with van der Waals surface area (Å²) < 4.78 is 0. The van der Waals surface area contributed by atoms with E-state index in [1.807, 2.05) is 0 Å². The molecule has 7 nitrogen and oxygen atoms in total. The first-order valence-electron chi connectivity index (χ1n) is 6.33. The lowest BCUT2D eigenvalue weighted by Gasteiger charge is -2.37. The summed E-state index contributed by atoms with van der Waals surface area (Å²) in [5.74, 6) is -0.181. The van der Waals surface area contributed by atoms with Crippen molar-refractivity contribution in [1.29, 1.82) is 0 Å². The van der Waals surface area contributed by atoms with Crippen LogP contribution >= 0.6 is 0 Å². The first-order valence-corrected chi connectivity index (χ1v) is 6.33. The van der Waals surface area contributed by atoms with Crippen LogP contribution in [-0.4, -0.2) is 45.1 Å². The van der Waals surface area contributed by atoms with Gasteiger partial charge in [0.15, 0.2) is 0 Å². The van der Waals surface area contributed by atoms with Crippen molar-refractivity contribution < 1.29 is 9.90 Å². The topological polar surface area (TPSA) is 106 Å². The summed E-state index contributed by atoms with van der Waals surface area (Å²) in [4.78, 5) is 40.5. The Kier molecular flexibility index (Phi) is 4.16. The van der Waals surface area contributed by atoms with Crippen LogP contribution in [0.25, 0.3) is 0 Å². The molecule has 0 radical (unpaired) electrons. The summed E-state index contributed by atoms with van der Waals surface area (Å²) in [7, 11) is 0. The molecule has 7 heteroatoms. The predicted molar refractivity (Wildman–Crippen MR) is 67.8 cm³/mol. The van der Waals surface area contributed by atoms with Crippen molar-refractivity contribution in [2.45, 2.75) is 31.7 Å². The van der Waals surface area contributed by atoms with Crippen LogP contribution < -0.4 is 11.2 Å². The summed E-state index contributed by atoms with van der Waals surface area (Å²) >= 11 is 0. The van der Waals surface area contributed by atoms with Crippen LogP contribution in [0, 0.1) is 0 Å². The molecule has 1 aliphatic rings. The number of carbonyl (C=O) groups is 1. The molecule has 1 fully saturated rings. The molecule has 1 saturated carbocycles. The second kappa shape index (κ2) is 5.83. The highest BCUT2D eigenvalue weighted by Gasteiger charge is 2.28. The van der Waals surface area contributed by atoms with Crippen molar-refractivity contribution in [1.82, 2.24) is 14.9 Å². The molecule has 0 aliphatic heterocycles. The Morgan fingerprint density at radius 2 is 2.11 bits per heavy atom. The molecule has 3 N–H and O–H groups in total. The van der Waals surface area contributed by atoms with Gasteiger partial charge in [-0.05, 0) is 19.3 Å². The van der Waals surface area contributed by atoms with Crippen molar-refractivity contribution in [3.05, 3.63) is 32.6 Å². The van der Waals surface area contributed by atoms with Crippen LogP contribution in [0.1, 0.15) is 25.0 Å². The number of hydrogen-bond acceptors (Lipinski definition) is 4. The van der Waals surface area contributed by atoms with Crippen molar-refractivity contribution in [2.75, 3.05) is 13.2 Å². The van der Waals surface area contributed by atoms with E-state index in [1.165, 1.54) is 6.07 Å². The summed E-state index contributed by atoms with van der Waals surface area (Å²) in [5.41, 5.74) is -0.849. The molecule has 0 aromatic carbocycles. The molecule has 1 amide bonds. The number of aliphatic hydroxyl groups is 1. The van der Waals surface area contributed by atoms with Gasteiger partial charge < -0.3 is 15.0 Å². The number of aromatic nitrogens is 2. The number of H-pyrrole nitrogens is 2. The minimum atomic E-state index is -0.618. The highest BCUT2D eigenvalue weighted by atomic mass is 16.3. The summed E-state index contributed by atoms with van der Waals surface area (Å²) in [6.07, 6.45) is 2.94. The maximum Gasteiger partial charge on any atom is 0.325 e. The fraction of sp³-hybridized carbons (Fsp3) is 0.583. The van der Waals surface area contributed by atoms with Crippen LogP contribution in [0.4, 0.5) is 0 Å². The number of nitrogens with zero attached hydrogens (tertiary/aromatic N) is 1. The molecular formula is C12H17N3O4. The number of aliphatic hydroxyl groups excluding tert-OH is 1. The van der Waals surface area contributed by atoms with Gasteiger partial charge in [0.1, 0.15) is 0 Å². The van der Waals surface area contributed by atoms with Crippen LogP contribution in [-0.2, 0) is 11.2 Å². The number of carbonyl (C=O) groups excluding carboxylic acids is 1. The fourth-order valence-electron chi connectivity index (χ4n) is 2.20. The number of rotatable bonds is 5. The van der Waals surface area contributed by atoms with Gasteiger partial charge in [-0.15, -0.1) is 0 Å². The highest BCUT2D eigenvalue weighted by molar-refractivity contribution is 5.78. The zero-order chi connectivity index (χ0) is 13.8. The molecule has 1 aromatic rings. The van der Waals surface area contributed by atoms with Crippen LogP contribution in [0.2, 0.25) is 0 Å². The quantitative estimate of drug-likeness (QED) is 0.634. The van der Waals surface area contributed by atoms with Gasteiger partial charge in [-0.2, -0.15) is 0 Å².